The minimum atomic E-state index is -0.479. The molecule has 0 unspecified atom stereocenters. The third-order valence-electron chi connectivity index (χ3n) is 2.28. The number of nitro benzene ring substituents is 1. The van der Waals surface area contributed by atoms with E-state index in [-0.39, 0.29) is 11.5 Å². The minimum Gasteiger partial charge on any atom is -0.293 e. The molecule has 1 aliphatic rings. The fourth-order valence-corrected chi connectivity index (χ4v) is 3.29. The van der Waals surface area contributed by atoms with Crippen LogP contribution in [-0.2, 0) is 0 Å². The van der Waals surface area contributed by atoms with E-state index in [1.807, 2.05) is 0 Å². The maximum absolute atomic E-state index is 11.8. The first kappa shape index (κ1) is 13.1. The minimum absolute atomic E-state index is 0.00470. The van der Waals surface area contributed by atoms with E-state index in [9.17, 15) is 14.9 Å². The van der Waals surface area contributed by atoms with E-state index in [0.29, 0.717) is 11.3 Å². The topological polar surface area (TPSA) is 72.6 Å². The molecule has 0 saturated heterocycles. The number of rotatable bonds is 4. The van der Waals surface area contributed by atoms with Crippen LogP contribution < -0.4 is 0 Å². The maximum atomic E-state index is 11.8. The number of non-ortho nitro benzene ring substituents is 1. The van der Waals surface area contributed by atoms with Crippen molar-refractivity contribution in [3.63, 3.8) is 0 Å². The summed E-state index contributed by atoms with van der Waals surface area (Å²) in [7, 11) is 0. The summed E-state index contributed by atoms with van der Waals surface area (Å²) >= 11 is 3.08. The lowest BCUT2D eigenvalue weighted by Crippen LogP contribution is -2.03. The number of carbonyl (C=O) groups is 1. The number of hydrogen-bond acceptors (Lipinski definition) is 6. The van der Waals surface area contributed by atoms with Crippen LogP contribution in [0.3, 0.4) is 0 Å². The van der Waals surface area contributed by atoms with E-state index < -0.39 is 4.92 Å². The number of hydrogen-bond donors (Lipinski definition) is 0. The number of nitrogens with zero attached hydrogens (tertiary/aromatic N) is 2. The van der Waals surface area contributed by atoms with Crippen LogP contribution in [0.4, 0.5) is 5.69 Å². The van der Waals surface area contributed by atoms with Gasteiger partial charge in [0.1, 0.15) is 4.38 Å². The fraction of sp³-hybridized carbons (Fsp3) is 0.273. The average molecular weight is 282 g/mol. The van der Waals surface area contributed by atoms with Crippen LogP contribution in [-0.4, -0.2) is 33.1 Å². The summed E-state index contributed by atoms with van der Waals surface area (Å²) in [4.78, 5) is 26.1. The van der Waals surface area contributed by atoms with Gasteiger partial charge in [-0.25, -0.2) is 0 Å². The number of thioether (sulfide) groups is 2. The van der Waals surface area contributed by atoms with Gasteiger partial charge in [-0.3, -0.25) is 19.9 Å². The molecule has 0 bridgehead atoms. The number of benzene rings is 1. The van der Waals surface area contributed by atoms with Gasteiger partial charge in [0.15, 0.2) is 5.78 Å². The van der Waals surface area contributed by atoms with Crippen molar-refractivity contribution in [3.05, 3.63) is 39.9 Å². The molecule has 0 spiro atoms. The van der Waals surface area contributed by atoms with Crippen molar-refractivity contribution in [2.45, 2.75) is 0 Å². The Morgan fingerprint density at radius 2 is 2.17 bits per heavy atom. The number of carbonyl (C=O) groups excluding carboxylic acids is 1. The largest absolute Gasteiger partial charge is 0.293 e. The van der Waals surface area contributed by atoms with Gasteiger partial charge in [-0.1, -0.05) is 23.5 Å². The highest BCUT2D eigenvalue weighted by atomic mass is 32.2. The molecule has 1 aromatic rings. The van der Waals surface area contributed by atoms with E-state index in [1.165, 1.54) is 36.0 Å². The highest BCUT2D eigenvalue weighted by Gasteiger charge is 2.13. The molecule has 0 atom stereocenters. The monoisotopic (exact) mass is 282 g/mol. The van der Waals surface area contributed by atoms with Gasteiger partial charge in [-0.15, -0.1) is 0 Å². The summed E-state index contributed by atoms with van der Waals surface area (Å²) < 4.78 is 0.949. The van der Waals surface area contributed by atoms with Crippen molar-refractivity contribution in [2.24, 2.45) is 4.99 Å². The Labute approximate surface area is 112 Å². The maximum Gasteiger partial charge on any atom is 0.269 e. The molecule has 0 aromatic heterocycles. The van der Waals surface area contributed by atoms with Crippen LogP contribution in [0.25, 0.3) is 0 Å². The van der Waals surface area contributed by atoms with Crippen LogP contribution in [0.15, 0.2) is 29.3 Å². The summed E-state index contributed by atoms with van der Waals surface area (Å²) in [6.45, 7) is 0.818. The standard InChI is InChI=1S/C11H10N2O3S2/c14-10(7-18-11-12-5-6-17-11)8-1-3-9(4-2-8)13(15)16/h1-4H,5-7H2. The van der Waals surface area contributed by atoms with E-state index >= 15 is 0 Å². The predicted molar refractivity (Wildman–Crippen MR) is 74.6 cm³/mol. The number of ketones is 1. The molecule has 1 heterocycles. The van der Waals surface area contributed by atoms with E-state index in [0.717, 1.165) is 16.7 Å². The van der Waals surface area contributed by atoms with Gasteiger partial charge in [-0.2, -0.15) is 0 Å². The molecule has 0 saturated carbocycles. The molecule has 2 rings (SSSR count). The first-order valence-electron chi connectivity index (χ1n) is 5.24. The van der Waals surface area contributed by atoms with Crippen LogP contribution in [0, 0.1) is 10.1 Å². The summed E-state index contributed by atoms with van der Waals surface area (Å²) in [5.74, 6) is 1.27. The first-order valence-corrected chi connectivity index (χ1v) is 7.21. The summed E-state index contributed by atoms with van der Waals surface area (Å²) in [5.41, 5.74) is 0.492. The molecule has 0 fully saturated rings. The summed E-state index contributed by atoms with van der Waals surface area (Å²) in [6.07, 6.45) is 0. The second-order valence-corrected chi connectivity index (χ2v) is 5.82. The van der Waals surface area contributed by atoms with Crippen molar-refractivity contribution in [3.8, 4) is 0 Å². The summed E-state index contributed by atoms with van der Waals surface area (Å²) in [5, 5.41) is 10.5. The van der Waals surface area contributed by atoms with E-state index in [1.54, 1.807) is 11.8 Å². The fourth-order valence-electron chi connectivity index (χ4n) is 1.38. The van der Waals surface area contributed by atoms with Crippen LogP contribution in [0.5, 0.6) is 0 Å². The van der Waals surface area contributed by atoms with Crippen LogP contribution in [0.2, 0.25) is 0 Å². The van der Waals surface area contributed by atoms with Crippen LogP contribution in [0.1, 0.15) is 10.4 Å². The van der Waals surface area contributed by atoms with Gasteiger partial charge >= 0.3 is 0 Å². The molecular weight excluding hydrogens is 272 g/mol. The average Bonchev–Trinajstić information content (AvgIpc) is 2.89. The second-order valence-electron chi connectivity index (χ2n) is 3.51. The number of nitro groups is 1. The third kappa shape index (κ3) is 3.33. The normalized spacial score (nSPS) is 14.3. The Kier molecular flexibility index (Phi) is 4.38. The second kappa shape index (κ2) is 6.01. The van der Waals surface area contributed by atoms with Gasteiger partial charge < -0.3 is 0 Å². The number of aliphatic imine (C=N–C) groups is 1. The molecule has 7 heteroatoms. The van der Waals surface area contributed by atoms with Gasteiger partial charge in [0.05, 0.1) is 17.2 Å². The zero-order valence-electron chi connectivity index (χ0n) is 9.37. The van der Waals surface area contributed by atoms with Gasteiger partial charge in [0, 0.05) is 23.4 Å². The first-order chi connectivity index (χ1) is 8.66. The smallest absolute Gasteiger partial charge is 0.269 e. The molecule has 0 N–H and O–H groups in total. The molecule has 5 nitrogen and oxygen atoms in total. The SMILES string of the molecule is O=C(CSC1=NCCS1)c1ccc([N+](=O)[O-])cc1. The van der Waals surface area contributed by atoms with Gasteiger partial charge in [-0.05, 0) is 12.1 Å². The summed E-state index contributed by atoms with van der Waals surface area (Å²) in [6, 6.07) is 5.68. The Morgan fingerprint density at radius 1 is 1.44 bits per heavy atom. The van der Waals surface area contributed by atoms with E-state index in [2.05, 4.69) is 4.99 Å². The van der Waals surface area contributed by atoms with Crippen molar-refractivity contribution in [1.82, 2.24) is 0 Å². The molecule has 0 radical (unpaired) electrons. The molecule has 1 aliphatic heterocycles. The Hall–Kier alpha value is -1.34. The van der Waals surface area contributed by atoms with E-state index in [4.69, 9.17) is 0 Å². The van der Waals surface area contributed by atoms with Crippen molar-refractivity contribution in [2.75, 3.05) is 18.1 Å². The zero-order valence-corrected chi connectivity index (χ0v) is 11.0. The quantitative estimate of drug-likeness (QED) is 0.482. The van der Waals surface area contributed by atoms with Crippen molar-refractivity contribution >= 4 is 39.4 Å². The van der Waals surface area contributed by atoms with Crippen LogP contribution >= 0.6 is 23.5 Å². The van der Waals surface area contributed by atoms with Crippen molar-refractivity contribution in [1.29, 1.82) is 0 Å². The highest BCUT2D eigenvalue weighted by Crippen LogP contribution is 2.23. The molecule has 18 heavy (non-hydrogen) atoms. The Morgan fingerprint density at radius 3 is 2.72 bits per heavy atom. The molecule has 1 aromatic carbocycles. The van der Waals surface area contributed by atoms with Crippen molar-refractivity contribution < 1.29 is 9.72 Å². The van der Waals surface area contributed by atoms with Gasteiger partial charge in [0.2, 0.25) is 0 Å². The molecule has 94 valence electrons. The Balaban J connectivity index is 1.94. The lowest BCUT2D eigenvalue weighted by atomic mass is 10.1. The molecule has 0 aliphatic carbocycles. The molecule has 0 amide bonds. The number of Topliss-reactive ketones (excluding diaryl/α,β-unsaturated/α-hetero) is 1. The predicted octanol–water partition coefficient (Wildman–Crippen LogP) is 2.61. The Bertz CT molecular complexity index is 500. The lowest BCUT2D eigenvalue weighted by molar-refractivity contribution is -0.384. The zero-order chi connectivity index (χ0) is 13.0. The molecular formula is C11H10N2O3S2. The highest BCUT2D eigenvalue weighted by molar-refractivity contribution is 8.39. The lowest BCUT2D eigenvalue weighted by Gasteiger charge is -2.00. The van der Waals surface area contributed by atoms with Gasteiger partial charge in [0.25, 0.3) is 5.69 Å². The third-order valence-corrected chi connectivity index (χ3v) is 4.54.